The highest BCUT2D eigenvalue weighted by Crippen LogP contribution is 2.18. The average molecular weight is 237 g/mol. The quantitative estimate of drug-likeness (QED) is 0.688. The molecule has 0 saturated carbocycles. The Morgan fingerprint density at radius 2 is 1.94 bits per heavy atom. The smallest absolute Gasteiger partial charge is 0.236 e. The Hall–Kier alpha value is -1.62. The van der Waals surface area contributed by atoms with Crippen LogP contribution in [0, 0.1) is 13.8 Å². The van der Waals surface area contributed by atoms with Crippen LogP contribution in [0.3, 0.4) is 0 Å². The molecular weight excluding hydrogens is 222 g/mol. The van der Waals surface area contributed by atoms with Gasteiger partial charge in [0.1, 0.15) is 0 Å². The monoisotopic (exact) mass is 237 g/mol. The number of nitrogens with two attached hydrogens (primary N) is 1. The molecule has 0 saturated heterocycles. The molecule has 0 heterocycles. The summed E-state index contributed by atoms with van der Waals surface area (Å²) in [6.45, 7) is 4.02. The van der Waals surface area contributed by atoms with Crippen LogP contribution in [0.1, 0.15) is 11.1 Å². The number of thiocarbonyl (C=S) groups is 1. The first-order valence-electron chi connectivity index (χ1n) is 4.90. The molecule has 4 N–H and O–H groups in total. The fraction of sp³-hybridized carbons (Fsp3) is 0.273. The van der Waals surface area contributed by atoms with Gasteiger partial charge in [0.15, 0.2) is 5.11 Å². The predicted molar refractivity (Wildman–Crippen MR) is 69.3 cm³/mol. The summed E-state index contributed by atoms with van der Waals surface area (Å²) in [5.41, 5.74) is 8.17. The lowest BCUT2D eigenvalue weighted by molar-refractivity contribution is -0.116. The van der Waals surface area contributed by atoms with E-state index in [1.54, 1.807) is 0 Å². The molecule has 5 heteroatoms. The fourth-order valence-electron chi connectivity index (χ4n) is 1.34. The highest BCUT2D eigenvalue weighted by molar-refractivity contribution is 7.80. The summed E-state index contributed by atoms with van der Waals surface area (Å²) < 4.78 is 0. The number of hydrogen-bond donors (Lipinski definition) is 3. The maximum atomic E-state index is 10.6. The number of hydrogen-bond acceptors (Lipinski definition) is 2. The Bertz CT molecular complexity index is 397. The zero-order valence-corrected chi connectivity index (χ0v) is 10.1. The Balaban J connectivity index is 2.66. The van der Waals surface area contributed by atoms with Gasteiger partial charge in [-0.15, -0.1) is 0 Å². The van der Waals surface area contributed by atoms with E-state index >= 15 is 0 Å². The van der Waals surface area contributed by atoms with Gasteiger partial charge in [-0.25, -0.2) is 0 Å². The number of amides is 1. The molecule has 0 aliphatic heterocycles. The topological polar surface area (TPSA) is 67.2 Å². The van der Waals surface area contributed by atoms with Crippen LogP contribution in [0.2, 0.25) is 0 Å². The van der Waals surface area contributed by atoms with Crippen LogP contribution in [0.15, 0.2) is 18.2 Å². The lowest BCUT2D eigenvalue weighted by atomic mass is 10.1. The number of primary amides is 1. The number of para-hydroxylation sites is 1. The normalized spacial score (nSPS) is 9.62. The maximum absolute atomic E-state index is 10.6. The predicted octanol–water partition coefficient (Wildman–Crippen LogP) is 1.08. The van der Waals surface area contributed by atoms with E-state index in [2.05, 4.69) is 10.6 Å². The van der Waals surface area contributed by atoms with Crippen molar-refractivity contribution in [3.05, 3.63) is 29.3 Å². The van der Waals surface area contributed by atoms with E-state index in [4.69, 9.17) is 18.0 Å². The van der Waals surface area contributed by atoms with Crippen molar-refractivity contribution in [3.8, 4) is 0 Å². The molecule has 1 aromatic carbocycles. The summed E-state index contributed by atoms with van der Waals surface area (Å²) in [7, 11) is 0. The fourth-order valence-corrected chi connectivity index (χ4v) is 1.51. The Morgan fingerprint density at radius 3 is 2.44 bits per heavy atom. The Labute approximate surface area is 100 Å². The number of benzene rings is 1. The van der Waals surface area contributed by atoms with E-state index in [9.17, 15) is 4.79 Å². The molecule has 0 fully saturated rings. The molecule has 0 aliphatic rings. The minimum atomic E-state index is -0.439. The molecule has 4 nitrogen and oxygen atoms in total. The SMILES string of the molecule is Cc1cccc(C)c1NC(=S)NCC(N)=O. The van der Waals surface area contributed by atoms with Crippen molar-refractivity contribution < 1.29 is 4.79 Å². The molecule has 86 valence electrons. The standard InChI is InChI=1S/C11H15N3OS/c1-7-4-3-5-8(2)10(7)14-11(16)13-6-9(12)15/h3-5H,6H2,1-2H3,(H2,12,15)(H2,13,14,16). The van der Waals surface area contributed by atoms with Crippen LogP contribution in [0.5, 0.6) is 0 Å². The van der Waals surface area contributed by atoms with Crippen LogP contribution in [-0.2, 0) is 4.79 Å². The van der Waals surface area contributed by atoms with Crippen LogP contribution < -0.4 is 16.4 Å². The van der Waals surface area contributed by atoms with Gasteiger partial charge in [-0.05, 0) is 37.2 Å². The molecule has 1 amide bonds. The minimum Gasteiger partial charge on any atom is -0.368 e. The highest BCUT2D eigenvalue weighted by atomic mass is 32.1. The van der Waals surface area contributed by atoms with Crippen molar-refractivity contribution in [2.24, 2.45) is 5.73 Å². The summed E-state index contributed by atoms with van der Waals surface area (Å²) >= 11 is 5.04. The number of aryl methyl sites for hydroxylation is 2. The number of carbonyl (C=O) groups is 1. The van der Waals surface area contributed by atoms with E-state index in [1.807, 2.05) is 32.0 Å². The average Bonchev–Trinajstić information content (AvgIpc) is 2.21. The summed E-state index contributed by atoms with van der Waals surface area (Å²) in [6.07, 6.45) is 0. The zero-order valence-electron chi connectivity index (χ0n) is 9.33. The van der Waals surface area contributed by atoms with Crippen LogP contribution in [0.4, 0.5) is 5.69 Å². The summed E-state index contributed by atoms with van der Waals surface area (Å²) in [6, 6.07) is 5.97. The number of anilines is 1. The van der Waals surface area contributed by atoms with Gasteiger partial charge in [0.2, 0.25) is 5.91 Å². The van der Waals surface area contributed by atoms with Gasteiger partial charge in [-0.1, -0.05) is 18.2 Å². The summed E-state index contributed by atoms with van der Waals surface area (Å²) in [5.74, 6) is -0.439. The van der Waals surface area contributed by atoms with E-state index in [1.165, 1.54) is 0 Å². The van der Waals surface area contributed by atoms with Crippen LogP contribution in [-0.4, -0.2) is 17.6 Å². The first-order valence-corrected chi connectivity index (χ1v) is 5.31. The Kier molecular flexibility index (Phi) is 4.25. The van der Waals surface area contributed by atoms with Crippen molar-refractivity contribution in [2.75, 3.05) is 11.9 Å². The third kappa shape index (κ3) is 3.51. The molecule has 0 aromatic heterocycles. The lowest BCUT2D eigenvalue weighted by Crippen LogP contribution is -2.36. The maximum Gasteiger partial charge on any atom is 0.236 e. The molecule has 0 atom stereocenters. The first-order chi connectivity index (χ1) is 7.50. The zero-order chi connectivity index (χ0) is 12.1. The summed E-state index contributed by atoms with van der Waals surface area (Å²) in [5, 5.41) is 6.18. The second kappa shape index (κ2) is 5.46. The van der Waals surface area contributed by atoms with Crippen LogP contribution in [0.25, 0.3) is 0 Å². The van der Waals surface area contributed by atoms with Gasteiger partial charge in [0.25, 0.3) is 0 Å². The number of carbonyl (C=O) groups excluding carboxylic acids is 1. The van der Waals surface area contributed by atoms with Gasteiger partial charge in [-0.3, -0.25) is 4.79 Å². The number of rotatable bonds is 3. The second-order valence-electron chi connectivity index (χ2n) is 3.54. The van der Waals surface area contributed by atoms with E-state index < -0.39 is 5.91 Å². The van der Waals surface area contributed by atoms with Gasteiger partial charge >= 0.3 is 0 Å². The van der Waals surface area contributed by atoms with Crippen molar-refractivity contribution in [3.63, 3.8) is 0 Å². The van der Waals surface area contributed by atoms with Crippen molar-refractivity contribution in [1.82, 2.24) is 5.32 Å². The molecule has 16 heavy (non-hydrogen) atoms. The molecule has 0 aliphatic carbocycles. The molecule has 0 spiro atoms. The summed E-state index contributed by atoms with van der Waals surface area (Å²) in [4.78, 5) is 10.6. The molecule has 0 bridgehead atoms. The third-order valence-corrected chi connectivity index (χ3v) is 2.39. The first kappa shape index (κ1) is 12.4. The number of nitrogens with one attached hydrogen (secondary N) is 2. The second-order valence-corrected chi connectivity index (χ2v) is 3.95. The molecular formula is C11H15N3OS. The molecule has 0 unspecified atom stereocenters. The Morgan fingerprint density at radius 1 is 1.38 bits per heavy atom. The van der Waals surface area contributed by atoms with Crippen molar-refractivity contribution in [2.45, 2.75) is 13.8 Å². The van der Waals surface area contributed by atoms with E-state index in [0.29, 0.717) is 5.11 Å². The van der Waals surface area contributed by atoms with Gasteiger partial charge in [0.05, 0.1) is 6.54 Å². The van der Waals surface area contributed by atoms with Gasteiger partial charge in [0, 0.05) is 5.69 Å². The largest absolute Gasteiger partial charge is 0.368 e. The molecule has 1 rings (SSSR count). The minimum absolute atomic E-state index is 0.0385. The third-order valence-electron chi connectivity index (χ3n) is 2.14. The van der Waals surface area contributed by atoms with Crippen LogP contribution >= 0.6 is 12.2 Å². The van der Waals surface area contributed by atoms with Gasteiger partial charge < -0.3 is 16.4 Å². The molecule has 0 radical (unpaired) electrons. The van der Waals surface area contributed by atoms with Gasteiger partial charge in [-0.2, -0.15) is 0 Å². The highest BCUT2D eigenvalue weighted by Gasteiger charge is 2.04. The van der Waals surface area contributed by atoms with Crippen molar-refractivity contribution in [1.29, 1.82) is 0 Å². The van der Waals surface area contributed by atoms with Crippen molar-refractivity contribution >= 4 is 28.9 Å². The lowest BCUT2D eigenvalue weighted by Gasteiger charge is -2.13. The van der Waals surface area contributed by atoms with E-state index in [0.717, 1.165) is 16.8 Å². The van der Waals surface area contributed by atoms with E-state index in [-0.39, 0.29) is 6.54 Å². The molecule has 1 aromatic rings.